The first-order valence-corrected chi connectivity index (χ1v) is 5.87. The zero-order valence-electron chi connectivity index (χ0n) is 10.5. The average Bonchev–Trinajstić information content (AvgIpc) is 2.87. The normalized spacial score (nSPS) is 10.2. The molecule has 7 heteroatoms. The molecule has 2 aromatic rings. The van der Waals surface area contributed by atoms with Crippen molar-refractivity contribution in [3.05, 3.63) is 42.2 Å². The fourth-order valence-electron chi connectivity index (χ4n) is 1.55. The molecule has 1 heterocycles. The van der Waals surface area contributed by atoms with Crippen LogP contribution in [-0.2, 0) is 9.53 Å². The lowest BCUT2D eigenvalue weighted by atomic mass is 10.3. The van der Waals surface area contributed by atoms with Gasteiger partial charge in [0, 0.05) is 11.9 Å². The van der Waals surface area contributed by atoms with Gasteiger partial charge in [-0.3, -0.25) is 4.79 Å². The van der Waals surface area contributed by atoms with Gasteiger partial charge in [-0.15, -0.1) is 0 Å². The van der Waals surface area contributed by atoms with Crippen LogP contribution in [0.4, 0.5) is 5.69 Å². The monoisotopic (exact) mass is 275 g/mol. The van der Waals surface area contributed by atoms with Crippen LogP contribution in [0.25, 0.3) is 5.69 Å². The van der Waals surface area contributed by atoms with Crippen LogP contribution in [0.15, 0.2) is 36.5 Å². The third kappa shape index (κ3) is 3.35. The van der Waals surface area contributed by atoms with E-state index in [1.807, 2.05) is 0 Å². The Bertz CT molecular complexity index is 636. The van der Waals surface area contributed by atoms with Gasteiger partial charge >= 0.3 is 11.9 Å². The lowest BCUT2D eigenvalue weighted by Crippen LogP contribution is -2.10. The van der Waals surface area contributed by atoms with Crippen molar-refractivity contribution in [3.63, 3.8) is 0 Å². The quantitative estimate of drug-likeness (QED) is 0.624. The molecule has 20 heavy (non-hydrogen) atoms. The largest absolute Gasteiger partial charge is 0.481 e. The Kier molecular flexibility index (Phi) is 3.99. The number of benzene rings is 1. The third-order valence-corrected chi connectivity index (χ3v) is 2.48. The highest BCUT2D eigenvalue weighted by molar-refractivity contribution is 5.87. The zero-order chi connectivity index (χ0) is 14.5. The molecule has 1 aromatic carbocycles. The molecule has 0 saturated carbocycles. The van der Waals surface area contributed by atoms with E-state index in [4.69, 9.17) is 15.6 Å². The van der Waals surface area contributed by atoms with E-state index < -0.39 is 11.9 Å². The molecule has 0 saturated heterocycles. The van der Waals surface area contributed by atoms with E-state index in [9.17, 15) is 9.59 Å². The lowest BCUT2D eigenvalue weighted by molar-refractivity contribution is -0.137. The van der Waals surface area contributed by atoms with Crippen LogP contribution in [0, 0.1) is 0 Å². The van der Waals surface area contributed by atoms with Crippen LogP contribution in [-0.4, -0.2) is 33.4 Å². The first-order valence-electron chi connectivity index (χ1n) is 5.87. The van der Waals surface area contributed by atoms with Gasteiger partial charge in [0.05, 0.1) is 12.1 Å². The van der Waals surface area contributed by atoms with Crippen LogP contribution >= 0.6 is 0 Å². The van der Waals surface area contributed by atoms with Gasteiger partial charge < -0.3 is 15.6 Å². The van der Waals surface area contributed by atoms with E-state index in [-0.39, 0.29) is 18.7 Å². The molecule has 0 radical (unpaired) electrons. The maximum absolute atomic E-state index is 11.6. The molecule has 0 aliphatic rings. The molecule has 0 amide bonds. The molecular formula is C13H13N3O4. The second-order valence-corrected chi connectivity index (χ2v) is 4.02. The van der Waals surface area contributed by atoms with Crippen LogP contribution < -0.4 is 5.73 Å². The van der Waals surface area contributed by atoms with Crippen molar-refractivity contribution in [1.82, 2.24) is 9.78 Å². The molecule has 7 nitrogen and oxygen atoms in total. The summed E-state index contributed by atoms with van der Waals surface area (Å²) in [5.74, 6) is -1.68. The number of anilines is 1. The van der Waals surface area contributed by atoms with Crippen molar-refractivity contribution in [3.8, 4) is 5.69 Å². The van der Waals surface area contributed by atoms with E-state index in [0.717, 1.165) is 5.69 Å². The van der Waals surface area contributed by atoms with Crippen LogP contribution in [0.2, 0.25) is 0 Å². The zero-order valence-corrected chi connectivity index (χ0v) is 10.5. The van der Waals surface area contributed by atoms with Gasteiger partial charge in [0.1, 0.15) is 6.61 Å². The molecule has 0 unspecified atom stereocenters. The number of carboxylic acid groups (broad SMARTS) is 1. The Morgan fingerprint density at radius 1 is 1.35 bits per heavy atom. The Balaban J connectivity index is 2.05. The molecule has 3 N–H and O–H groups in total. The second kappa shape index (κ2) is 5.87. The van der Waals surface area contributed by atoms with Crippen molar-refractivity contribution < 1.29 is 19.4 Å². The minimum atomic E-state index is -1.02. The van der Waals surface area contributed by atoms with Crippen LogP contribution in [0.1, 0.15) is 16.9 Å². The highest BCUT2D eigenvalue weighted by Crippen LogP contribution is 2.12. The van der Waals surface area contributed by atoms with Gasteiger partial charge in [-0.2, -0.15) is 5.10 Å². The van der Waals surface area contributed by atoms with Gasteiger partial charge in [-0.05, 0) is 24.3 Å². The number of carbonyl (C=O) groups excluding carboxylic acids is 1. The van der Waals surface area contributed by atoms with E-state index in [1.165, 1.54) is 10.7 Å². The highest BCUT2D eigenvalue weighted by Gasteiger charge is 2.12. The predicted molar refractivity (Wildman–Crippen MR) is 70.5 cm³/mol. The highest BCUT2D eigenvalue weighted by atomic mass is 16.5. The summed E-state index contributed by atoms with van der Waals surface area (Å²) < 4.78 is 6.28. The maximum atomic E-state index is 11.6. The van der Waals surface area contributed by atoms with Gasteiger partial charge in [-0.1, -0.05) is 6.07 Å². The molecule has 0 bridgehead atoms. The van der Waals surface area contributed by atoms with Gasteiger partial charge in [0.15, 0.2) is 5.69 Å². The molecule has 0 spiro atoms. The molecule has 2 rings (SSSR count). The minimum absolute atomic E-state index is 0.109. The van der Waals surface area contributed by atoms with Crippen LogP contribution in [0.5, 0.6) is 0 Å². The van der Waals surface area contributed by atoms with E-state index in [1.54, 1.807) is 30.5 Å². The summed E-state index contributed by atoms with van der Waals surface area (Å²) in [7, 11) is 0. The summed E-state index contributed by atoms with van der Waals surface area (Å²) in [6, 6.07) is 8.52. The van der Waals surface area contributed by atoms with Crippen molar-refractivity contribution >= 4 is 17.6 Å². The number of rotatable bonds is 5. The molecule has 1 aromatic heterocycles. The molecule has 104 valence electrons. The van der Waals surface area contributed by atoms with E-state index >= 15 is 0 Å². The number of ether oxygens (including phenoxy) is 1. The summed E-state index contributed by atoms with van der Waals surface area (Å²) in [4.78, 5) is 21.9. The lowest BCUT2D eigenvalue weighted by Gasteiger charge is -2.02. The Morgan fingerprint density at radius 3 is 2.85 bits per heavy atom. The number of carboxylic acids is 1. The summed E-state index contributed by atoms with van der Waals surface area (Å²) in [6.45, 7) is -0.181. The predicted octanol–water partition coefficient (Wildman–Crippen LogP) is 1.09. The van der Waals surface area contributed by atoms with Crippen molar-refractivity contribution in [2.45, 2.75) is 6.42 Å². The number of hydrogen-bond acceptors (Lipinski definition) is 5. The second-order valence-electron chi connectivity index (χ2n) is 4.02. The average molecular weight is 275 g/mol. The summed E-state index contributed by atoms with van der Waals surface area (Å²) >= 11 is 0. The number of aromatic nitrogens is 2. The molecule has 0 aliphatic carbocycles. The fraction of sp³-hybridized carbons (Fsp3) is 0.154. The smallest absolute Gasteiger partial charge is 0.358 e. The third-order valence-electron chi connectivity index (χ3n) is 2.48. The van der Waals surface area contributed by atoms with Crippen molar-refractivity contribution in [2.75, 3.05) is 12.3 Å². The Hall–Kier alpha value is -2.83. The van der Waals surface area contributed by atoms with Crippen molar-refractivity contribution in [2.24, 2.45) is 0 Å². The number of nitrogen functional groups attached to an aromatic ring is 1. The minimum Gasteiger partial charge on any atom is -0.481 e. The summed E-state index contributed by atoms with van der Waals surface area (Å²) in [6.07, 6.45) is 1.37. The van der Waals surface area contributed by atoms with Gasteiger partial charge in [0.25, 0.3) is 0 Å². The van der Waals surface area contributed by atoms with Crippen molar-refractivity contribution in [1.29, 1.82) is 0 Å². The topological polar surface area (TPSA) is 107 Å². The molecular weight excluding hydrogens is 262 g/mol. The number of aliphatic carboxylic acids is 1. The Morgan fingerprint density at radius 2 is 2.15 bits per heavy atom. The van der Waals surface area contributed by atoms with Gasteiger partial charge in [0.2, 0.25) is 0 Å². The maximum Gasteiger partial charge on any atom is 0.358 e. The summed E-state index contributed by atoms with van der Waals surface area (Å²) in [5.41, 5.74) is 7.08. The first-order chi connectivity index (χ1) is 9.56. The number of hydrogen-bond donors (Lipinski definition) is 2. The van der Waals surface area contributed by atoms with E-state index in [0.29, 0.717) is 5.69 Å². The Labute approximate surface area is 114 Å². The summed E-state index contributed by atoms with van der Waals surface area (Å²) in [5, 5.41) is 12.5. The molecule has 0 aliphatic heterocycles. The SMILES string of the molecule is Nc1cccc(-n2ccc(C(=O)OCCC(=O)O)n2)c1. The fourth-order valence-corrected chi connectivity index (χ4v) is 1.55. The molecule has 0 atom stereocenters. The number of esters is 1. The van der Waals surface area contributed by atoms with Gasteiger partial charge in [-0.25, -0.2) is 9.48 Å². The molecule has 0 fully saturated rings. The number of carbonyl (C=O) groups is 2. The number of nitrogens with zero attached hydrogens (tertiary/aromatic N) is 2. The van der Waals surface area contributed by atoms with E-state index in [2.05, 4.69) is 5.10 Å². The standard InChI is InChI=1S/C13H13N3O4/c14-9-2-1-3-10(8-9)16-6-4-11(15-16)13(19)20-7-5-12(17)18/h1-4,6,8H,5,7,14H2,(H,17,18). The first kappa shape index (κ1) is 13.6. The van der Waals surface area contributed by atoms with Crippen LogP contribution in [0.3, 0.4) is 0 Å². The number of nitrogens with two attached hydrogens (primary N) is 1.